The van der Waals surface area contributed by atoms with Gasteiger partial charge in [-0.05, 0) is 62.9 Å². The lowest BCUT2D eigenvalue weighted by Crippen LogP contribution is -2.43. The summed E-state index contributed by atoms with van der Waals surface area (Å²) in [6.45, 7) is 7.62. The molecule has 1 aliphatic carbocycles. The van der Waals surface area contributed by atoms with E-state index in [2.05, 4.69) is 5.32 Å². The molecule has 0 aromatic heterocycles. The van der Waals surface area contributed by atoms with Crippen molar-refractivity contribution < 1.29 is 28.6 Å². The quantitative estimate of drug-likeness (QED) is 0.432. The van der Waals surface area contributed by atoms with E-state index < -0.39 is 29.7 Å². The van der Waals surface area contributed by atoms with E-state index in [1.54, 1.807) is 21.0 Å². The number of benzene rings is 2. The monoisotopic (exact) mass is 503 g/mol. The minimum atomic E-state index is -1.04. The molecule has 0 fully saturated rings. The third-order valence-corrected chi connectivity index (χ3v) is 7.10. The molecule has 4 rings (SSSR count). The number of hydrogen-bond acceptors (Lipinski definition) is 7. The van der Waals surface area contributed by atoms with Crippen molar-refractivity contribution in [3.8, 4) is 5.75 Å². The molecular weight excluding hydrogens is 470 g/mol. The van der Waals surface area contributed by atoms with Gasteiger partial charge in [0.15, 0.2) is 5.78 Å². The summed E-state index contributed by atoms with van der Waals surface area (Å²) in [5, 5.41) is 3.33. The first-order valence-electron chi connectivity index (χ1n) is 12.6. The number of dihydropyridines is 1. The standard InChI is InChI=1S/C30H33NO6/c1-6-36-29(33)24-18(4)31-23-16-22(19-12-14-20(35-5)15-13-19)26(30(34)37-7-2)28(32)27(23)25(24)21-11-9-8-10-17(21)3/h8-15,22,25-26,31H,6-7,16H2,1-5H3/t22-,25+,26-/m0/s1. The topological polar surface area (TPSA) is 90.9 Å². The molecule has 194 valence electrons. The van der Waals surface area contributed by atoms with Crippen molar-refractivity contribution in [1.82, 2.24) is 5.32 Å². The first-order valence-corrected chi connectivity index (χ1v) is 12.6. The Balaban J connectivity index is 1.90. The second-order valence-electron chi connectivity index (χ2n) is 9.24. The number of rotatable bonds is 7. The fourth-order valence-corrected chi connectivity index (χ4v) is 5.40. The maximum Gasteiger partial charge on any atom is 0.336 e. The highest BCUT2D eigenvalue weighted by atomic mass is 16.5. The number of allylic oxidation sites excluding steroid dienone is 3. The normalized spacial score (nSPS) is 21.2. The number of methoxy groups -OCH3 is 1. The highest BCUT2D eigenvalue weighted by molar-refractivity contribution is 6.13. The molecule has 1 heterocycles. The van der Waals surface area contributed by atoms with Gasteiger partial charge in [0.1, 0.15) is 11.7 Å². The molecule has 0 unspecified atom stereocenters. The SMILES string of the molecule is CCOC(=O)C1=C(C)NC2=C(C(=O)[C@@H](C(=O)OCC)[C@H](c3ccc(OC)cc3)C2)[C@@H]1c1ccccc1C. The summed E-state index contributed by atoms with van der Waals surface area (Å²) >= 11 is 0. The van der Waals surface area contributed by atoms with E-state index in [0.29, 0.717) is 34.7 Å². The molecule has 1 N–H and O–H groups in total. The van der Waals surface area contributed by atoms with E-state index in [1.165, 1.54) is 0 Å². The number of aryl methyl sites for hydroxylation is 1. The minimum Gasteiger partial charge on any atom is -0.497 e. The van der Waals surface area contributed by atoms with Crippen molar-refractivity contribution in [2.24, 2.45) is 5.92 Å². The minimum absolute atomic E-state index is 0.163. The predicted molar refractivity (Wildman–Crippen MR) is 139 cm³/mol. The van der Waals surface area contributed by atoms with Gasteiger partial charge in [0, 0.05) is 28.8 Å². The van der Waals surface area contributed by atoms with Crippen LogP contribution in [0.25, 0.3) is 0 Å². The van der Waals surface area contributed by atoms with Crippen LogP contribution in [0.2, 0.25) is 0 Å². The van der Waals surface area contributed by atoms with Gasteiger partial charge < -0.3 is 19.5 Å². The van der Waals surface area contributed by atoms with Crippen LogP contribution >= 0.6 is 0 Å². The van der Waals surface area contributed by atoms with Crippen LogP contribution < -0.4 is 10.1 Å². The average Bonchev–Trinajstić information content (AvgIpc) is 2.88. The van der Waals surface area contributed by atoms with Gasteiger partial charge in [-0.15, -0.1) is 0 Å². The largest absolute Gasteiger partial charge is 0.497 e. The van der Waals surface area contributed by atoms with Crippen LogP contribution in [-0.2, 0) is 23.9 Å². The van der Waals surface area contributed by atoms with Crippen LogP contribution in [0.5, 0.6) is 5.75 Å². The molecule has 2 aromatic rings. The molecule has 0 saturated carbocycles. The fraction of sp³-hybridized carbons (Fsp3) is 0.367. The van der Waals surface area contributed by atoms with E-state index in [1.807, 2.05) is 62.4 Å². The second kappa shape index (κ2) is 11.0. The van der Waals surface area contributed by atoms with E-state index in [0.717, 1.165) is 16.7 Å². The average molecular weight is 504 g/mol. The smallest absolute Gasteiger partial charge is 0.336 e. The molecular formula is C30H33NO6. The zero-order valence-corrected chi connectivity index (χ0v) is 21.9. The van der Waals surface area contributed by atoms with E-state index in [9.17, 15) is 14.4 Å². The molecule has 2 aromatic carbocycles. The first-order chi connectivity index (χ1) is 17.8. The summed E-state index contributed by atoms with van der Waals surface area (Å²) in [6, 6.07) is 15.1. The lowest BCUT2D eigenvalue weighted by Gasteiger charge is -2.39. The zero-order valence-electron chi connectivity index (χ0n) is 21.9. The second-order valence-corrected chi connectivity index (χ2v) is 9.24. The van der Waals surface area contributed by atoms with E-state index >= 15 is 0 Å². The van der Waals surface area contributed by atoms with Crippen LogP contribution in [-0.4, -0.2) is 38.0 Å². The Bertz CT molecular complexity index is 1270. The van der Waals surface area contributed by atoms with Crippen LogP contribution in [0.4, 0.5) is 0 Å². The number of ketones is 1. The lowest BCUT2D eigenvalue weighted by atomic mass is 9.66. The number of carbonyl (C=O) groups is 3. The maximum absolute atomic E-state index is 14.3. The van der Waals surface area contributed by atoms with Crippen molar-refractivity contribution in [2.45, 2.75) is 46.0 Å². The molecule has 7 heteroatoms. The number of hydrogen-bond donors (Lipinski definition) is 1. The van der Waals surface area contributed by atoms with Gasteiger partial charge in [-0.25, -0.2) is 4.79 Å². The number of nitrogens with one attached hydrogen (secondary N) is 1. The fourth-order valence-electron chi connectivity index (χ4n) is 5.40. The molecule has 0 bridgehead atoms. The van der Waals surface area contributed by atoms with Crippen molar-refractivity contribution in [3.63, 3.8) is 0 Å². The molecule has 3 atom stereocenters. The van der Waals surface area contributed by atoms with Crippen molar-refractivity contribution in [1.29, 1.82) is 0 Å². The van der Waals surface area contributed by atoms with Gasteiger partial charge in [-0.3, -0.25) is 9.59 Å². The molecule has 0 spiro atoms. The number of esters is 2. The van der Waals surface area contributed by atoms with Crippen LogP contribution in [0.15, 0.2) is 71.1 Å². The third kappa shape index (κ3) is 4.90. The molecule has 0 saturated heterocycles. The Morgan fingerprint density at radius 2 is 1.65 bits per heavy atom. The summed E-state index contributed by atoms with van der Waals surface area (Å²) < 4.78 is 16.1. The summed E-state index contributed by atoms with van der Waals surface area (Å²) in [5.74, 6) is -2.82. The van der Waals surface area contributed by atoms with Gasteiger partial charge in [-0.1, -0.05) is 36.4 Å². The number of ether oxygens (including phenoxy) is 3. The molecule has 1 aliphatic heterocycles. The number of Topliss-reactive ketones (excluding diaryl/α,β-unsaturated/α-hetero) is 1. The van der Waals surface area contributed by atoms with E-state index in [-0.39, 0.29) is 19.0 Å². The summed E-state index contributed by atoms with van der Waals surface area (Å²) in [6.07, 6.45) is 0.409. The van der Waals surface area contributed by atoms with Crippen LogP contribution in [0, 0.1) is 12.8 Å². The van der Waals surface area contributed by atoms with E-state index in [4.69, 9.17) is 14.2 Å². The van der Waals surface area contributed by atoms with Crippen molar-refractivity contribution in [3.05, 3.63) is 87.8 Å². The Hall–Kier alpha value is -3.87. The van der Waals surface area contributed by atoms with Gasteiger partial charge >= 0.3 is 11.9 Å². The summed E-state index contributed by atoms with van der Waals surface area (Å²) in [7, 11) is 1.59. The summed E-state index contributed by atoms with van der Waals surface area (Å²) in [4.78, 5) is 40.8. The highest BCUT2D eigenvalue weighted by Gasteiger charge is 2.49. The Morgan fingerprint density at radius 1 is 0.973 bits per heavy atom. The summed E-state index contributed by atoms with van der Waals surface area (Å²) in [5.41, 5.74) is 4.77. The zero-order chi connectivity index (χ0) is 26.7. The predicted octanol–water partition coefficient (Wildman–Crippen LogP) is 4.72. The number of carbonyl (C=O) groups excluding carboxylic acids is 3. The molecule has 7 nitrogen and oxygen atoms in total. The van der Waals surface area contributed by atoms with Gasteiger partial charge in [0.2, 0.25) is 0 Å². The Labute approximate surface area is 217 Å². The van der Waals surface area contributed by atoms with Gasteiger partial charge in [0.25, 0.3) is 0 Å². The molecule has 37 heavy (non-hydrogen) atoms. The Kier molecular flexibility index (Phi) is 7.81. The Morgan fingerprint density at radius 3 is 2.27 bits per heavy atom. The highest BCUT2D eigenvalue weighted by Crippen LogP contribution is 2.48. The van der Waals surface area contributed by atoms with Crippen molar-refractivity contribution in [2.75, 3.05) is 20.3 Å². The molecule has 2 aliphatic rings. The van der Waals surface area contributed by atoms with Gasteiger partial charge in [0.05, 0.1) is 25.9 Å². The maximum atomic E-state index is 14.3. The molecule has 0 amide bonds. The van der Waals surface area contributed by atoms with Gasteiger partial charge in [-0.2, -0.15) is 0 Å². The third-order valence-electron chi connectivity index (χ3n) is 7.10. The lowest BCUT2D eigenvalue weighted by molar-refractivity contribution is -0.152. The van der Waals surface area contributed by atoms with Crippen LogP contribution in [0.3, 0.4) is 0 Å². The first kappa shape index (κ1) is 26.2. The molecule has 0 radical (unpaired) electrons. The van der Waals surface area contributed by atoms with Crippen molar-refractivity contribution >= 4 is 17.7 Å². The van der Waals surface area contributed by atoms with Crippen LogP contribution in [0.1, 0.15) is 55.7 Å².